The lowest BCUT2D eigenvalue weighted by molar-refractivity contribution is 0.0951. The highest BCUT2D eigenvalue weighted by molar-refractivity contribution is 6.34. The lowest BCUT2D eigenvalue weighted by Crippen LogP contribution is -2.31. The van der Waals surface area contributed by atoms with Gasteiger partial charge in [0.25, 0.3) is 5.91 Å². The highest BCUT2D eigenvalue weighted by atomic mass is 35.5. The molecule has 1 aromatic heterocycles. The minimum absolute atomic E-state index is 0.228. The van der Waals surface area contributed by atoms with Crippen LogP contribution in [0.1, 0.15) is 34.5 Å². The molecule has 3 amide bonds. The van der Waals surface area contributed by atoms with Crippen molar-refractivity contribution < 1.29 is 14.0 Å². The number of nitrogens with one attached hydrogen (secondary N) is 3. The third kappa shape index (κ3) is 5.64. The molecule has 1 heterocycles. The first kappa shape index (κ1) is 20.9. The van der Waals surface area contributed by atoms with E-state index < -0.39 is 0 Å². The Morgan fingerprint density at radius 3 is 2.68 bits per heavy atom. The maximum absolute atomic E-state index is 12.3. The first-order valence-corrected chi connectivity index (χ1v) is 10.5. The van der Waals surface area contributed by atoms with Gasteiger partial charge < -0.3 is 20.4 Å². The van der Waals surface area contributed by atoms with E-state index >= 15 is 0 Å². The number of carbonyl (C=O) groups is 2. The van der Waals surface area contributed by atoms with E-state index in [1.54, 1.807) is 24.5 Å². The lowest BCUT2D eigenvalue weighted by atomic mass is 10.1. The summed E-state index contributed by atoms with van der Waals surface area (Å²) in [7, 11) is 0. The van der Waals surface area contributed by atoms with Gasteiger partial charge in [-0.2, -0.15) is 0 Å². The van der Waals surface area contributed by atoms with Gasteiger partial charge >= 0.3 is 6.03 Å². The van der Waals surface area contributed by atoms with Crippen LogP contribution in [0.25, 0.3) is 11.5 Å². The van der Waals surface area contributed by atoms with Crippen molar-refractivity contribution in [2.75, 3.05) is 11.9 Å². The van der Waals surface area contributed by atoms with Gasteiger partial charge in [-0.15, -0.1) is 0 Å². The minimum atomic E-state index is -0.377. The second-order valence-corrected chi connectivity index (χ2v) is 7.99. The number of oxazole rings is 1. The first-order valence-electron chi connectivity index (χ1n) is 10.1. The molecule has 0 unspecified atom stereocenters. The Morgan fingerprint density at radius 2 is 1.94 bits per heavy atom. The Bertz CT molecular complexity index is 1090. The lowest BCUT2D eigenvalue weighted by Gasteiger charge is -2.10. The predicted octanol–water partition coefficient (Wildman–Crippen LogP) is 4.56. The van der Waals surface area contributed by atoms with Gasteiger partial charge in [0.1, 0.15) is 6.26 Å². The Hall–Kier alpha value is -3.32. The fraction of sp³-hybridized carbons (Fsp3) is 0.261. The average molecular weight is 439 g/mol. The van der Waals surface area contributed by atoms with Crippen LogP contribution in [0.5, 0.6) is 0 Å². The molecule has 31 heavy (non-hydrogen) atoms. The monoisotopic (exact) mass is 438 g/mol. The number of aryl methyl sites for hydroxylation is 1. The van der Waals surface area contributed by atoms with Crippen LogP contribution in [0.15, 0.2) is 53.1 Å². The number of rotatable bonds is 7. The van der Waals surface area contributed by atoms with E-state index in [0.717, 1.165) is 24.1 Å². The quantitative estimate of drug-likeness (QED) is 0.503. The topological polar surface area (TPSA) is 96.3 Å². The molecular weight excluding hydrogens is 416 g/mol. The molecule has 0 spiro atoms. The smallest absolute Gasteiger partial charge is 0.319 e. The molecule has 0 aliphatic heterocycles. The molecule has 0 bridgehead atoms. The summed E-state index contributed by atoms with van der Waals surface area (Å²) < 4.78 is 5.53. The molecule has 8 heteroatoms. The fourth-order valence-corrected chi connectivity index (χ4v) is 3.20. The highest BCUT2D eigenvalue weighted by Gasteiger charge is 2.24. The zero-order chi connectivity index (χ0) is 21.8. The van der Waals surface area contributed by atoms with Crippen molar-refractivity contribution in [3.05, 3.63) is 70.6 Å². The maximum atomic E-state index is 12.3. The van der Waals surface area contributed by atoms with E-state index in [4.69, 9.17) is 16.0 Å². The first-order chi connectivity index (χ1) is 15.0. The van der Waals surface area contributed by atoms with E-state index in [9.17, 15) is 9.59 Å². The molecule has 1 fully saturated rings. The Labute approximate surface area is 185 Å². The second kappa shape index (κ2) is 9.22. The van der Waals surface area contributed by atoms with Crippen molar-refractivity contribution in [2.24, 2.45) is 0 Å². The second-order valence-electron chi connectivity index (χ2n) is 7.58. The van der Waals surface area contributed by atoms with Crippen molar-refractivity contribution in [2.45, 2.75) is 32.2 Å². The number of nitrogens with zero attached hydrogens (tertiary/aromatic N) is 1. The average Bonchev–Trinajstić information content (AvgIpc) is 3.44. The molecule has 0 atom stereocenters. The SMILES string of the molecule is Cc1ccc(-c2nc(CCNC(=O)Nc3ccc(Cl)c(C(=O)NC4CC4)c3)co2)cc1. The summed E-state index contributed by atoms with van der Waals surface area (Å²) in [6.07, 6.45) is 4.10. The highest BCUT2D eigenvalue weighted by Crippen LogP contribution is 2.24. The number of aromatic nitrogens is 1. The summed E-state index contributed by atoms with van der Waals surface area (Å²) in [5.41, 5.74) is 3.67. The largest absolute Gasteiger partial charge is 0.444 e. The summed E-state index contributed by atoms with van der Waals surface area (Å²) >= 11 is 6.13. The van der Waals surface area contributed by atoms with E-state index in [0.29, 0.717) is 35.1 Å². The number of anilines is 1. The maximum Gasteiger partial charge on any atom is 0.319 e. The number of amides is 3. The van der Waals surface area contributed by atoms with Crippen molar-refractivity contribution in [1.29, 1.82) is 0 Å². The van der Waals surface area contributed by atoms with Crippen LogP contribution in [0.4, 0.5) is 10.5 Å². The van der Waals surface area contributed by atoms with Gasteiger partial charge in [-0.05, 0) is 50.1 Å². The van der Waals surface area contributed by atoms with E-state index in [1.165, 1.54) is 5.56 Å². The summed E-state index contributed by atoms with van der Waals surface area (Å²) in [5.74, 6) is 0.324. The molecule has 1 aliphatic carbocycles. The summed E-state index contributed by atoms with van der Waals surface area (Å²) in [4.78, 5) is 28.9. The Balaban J connectivity index is 1.28. The molecule has 0 saturated heterocycles. The zero-order valence-electron chi connectivity index (χ0n) is 17.1. The van der Waals surface area contributed by atoms with Gasteiger partial charge in [-0.1, -0.05) is 29.3 Å². The molecule has 4 rings (SSSR count). The van der Waals surface area contributed by atoms with Crippen LogP contribution in [0.2, 0.25) is 5.02 Å². The van der Waals surface area contributed by atoms with Crippen LogP contribution in [0.3, 0.4) is 0 Å². The van der Waals surface area contributed by atoms with Crippen molar-refractivity contribution in [3.8, 4) is 11.5 Å². The molecule has 1 saturated carbocycles. The van der Waals surface area contributed by atoms with Gasteiger partial charge in [-0.25, -0.2) is 9.78 Å². The number of urea groups is 1. The van der Waals surface area contributed by atoms with Gasteiger partial charge in [0, 0.05) is 30.3 Å². The third-order valence-electron chi connectivity index (χ3n) is 4.90. The van der Waals surface area contributed by atoms with Gasteiger partial charge in [0.2, 0.25) is 5.89 Å². The molecule has 1 aliphatic rings. The van der Waals surface area contributed by atoms with Crippen LogP contribution >= 0.6 is 11.6 Å². The van der Waals surface area contributed by atoms with E-state index in [-0.39, 0.29) is 18.0 Å². The third-order valence-corrected chi connectivity index (χ3v) is 5.23. The Kier molecular flexibility index (Phi) is 6.23. The van der Waals surface area contributed by atoms with Gasteiger partial charge in [0.05, 0.1) is 16.3 Å². The van der Waals surface area contributed by atoms with Gasteiger partial charge in [0.15, 0.2) is 0 Å². The van der Waals surface area contributed by atoms with Crippen LogP contribution in [0, 0.1) is 6.92 Å². The number of benzene rings is 2. The number of hydrogen-bond acceptors (Lipinski definition) is 4. The summed E-state index contributed by atoms with van der Waals surface area (Å²) in [6.45, 7) is 2.41. The number of hydrogen-bond donors (Lipinski definition) is 3. The minimum Gasteiger partial charge on any atom is -0.444 e. The van der Waals surface area contributed by atoms with Crippen LogP contribution in [-0.4, -0.2) is 29.5 Å². The molecule has 2 aromatic carbocycles. The van der Waals surface area contributed by atoms with E-state index in [2.05, 4.69) is 20.9 Å². The predicted molar refractivity (Wildman–Crippen MR) is 119 cm³/mol. The zero-order valence-corrected chi connectivity index (χ0v) is 17.8. The van der Waals surface area contributed by atoms with Crippen LogP contribution < -0.4 is 16.0 Å². The molecular formula is C23H23ClN4O3. The summed E-state index contributed by atoms with van der Waals surface area (Å²) in [6, 6.07) is 12.6. The van der Waals surface area contributed by atoms with Gasteiger partial charge in [-0.3, -0.25) is 4.79 Å². The Morgan fingerprint density at radius 1 is 1.16 bits per heavy atom. The molecule has 3 aromatic rings. The van der Waals surface area contributed by atoms with Crippen molar-refractivity contribution >= 4 is 29.2 Å². The standard InChI is InChI=1S/C23H23ClN4O3/c1-14-2-4-15(5-3-14)22-27-18(13-31-22)10-11-25-23(30)28-17-8-9-20(24)19(12-17)21(29)26-16-6-7-16/h2-5,8-9,12-13,16H,6-7,10-11H2,1H3,(H,26,29)(H2,25,28,30). The van der Waals surface area contributed by atoms with Crippen molar-refractivity contribution in [1.82, 2.24) is 15.6 Å². The molecule has 0 radical (unpaired) electrons. The number of halogens is 1. The molecule has 3 N–H and O–H groups in total. The molecule has 7 nitrogen and oxygen atoms in total. The number of carbonyl (C=O) groups excluding carboxylic acids is 2. The van der Waals surface area contributed by atoms with Crippen molar-refractivity contribution in [3.63, 3.8) is 0 Å². The van der Waals surface area contributed by atoms with E-state index in [1.807, 2.05) is 31.2 Å². The molecule has 160 valence electrons. The summed E-state index contributed by atoms with van der Waals surface area (Å²) in [5, 5.41) is 8.74. The van der Waals surface area contributed by atoms with Crippen LogP contribution in [-0.2, 0) is 6.42 Å². The normalized spacial score (nSPS) is 13.0. The fourth-order valence-electron chi connectivity index (χ4n) is 3.00.